The van der Waals surface area contributed by atoms with Crippen LogP contribution in [0.2, 0.25) is 0 Å². The van der Waals surface area contributed by atoms with Gasteiger partial charge in [0.25, 0.3) is 0 Å². The molecule has 2 aromatic carbocycles. The third-order valence-corrected chi connectivity index (χ3v) is 3.84. The normalized spacial score (nSPS) is 11.4. The van der Waals surface area contributed by atoms with Crippen LogP contribution in [0, 0.1) is 0 Å². The molecule has 6 nitrogen and oxygen atoms in total. The molecule has 0 aliphatic rings. The average Bonchev–Trinajstić information content (AvgIpc) is 2.99. The minimum absolute atomic E-state index is 0.0571. The summed E-state index contributed by atoms with van der Waals surface area (Å²) in [5.41, 5.74) is -0.133. The zero-order valence-corrected chi connectivity index (χ0v) is 14.4. The van der Waals surface area contributed by atoms with E-state index >= 15 is 0 Å². The summed E-state index contributed by atoms with van der Waals surface area (Å²) in [6.07, 6.45) is -4.43. The number of anilines is 1. The maximum absolute atomic E-state index is 12.8. The Morgan fingerprint density at radius 2 is 1.96 bits per heavy atom. The molecule has 0 radical (unpaired) electrons. The molecule has 27 heavy (non-hydrogen) atoms. The highest BCUT2D eigenvalue weighted by molar-refractivity contribution is 5.48. The third-order valence-electron chi connectivity index (χ3n) is 3.84. The zero-order chi connectivity index (χ0) is 19.4. The van der Waals surface area contributed by atoms with Crippen LogP contribution in [0.15, 0.2) is 53.3 Å². The second-order valence-corrected chi connectivity index (χ2v) is 5.82. The van der Waals surface area contributed by atoms with Crippen LogP contribution >= 0.6 is 0 Å². The largest absolute Gasteiger partial charge is 0.497 e. The smallest absolute Gasteiger partial charge is 0.416 e. The minimum Gasteiger partial charge on any atom is -0.497 e. The number of aromatic amines is 1. The van der Waals surface area contributed by atoms with Crippen molar-refractivity contribution in [3.05, 3.63) is 76.0 Å². The van der Waals surface area contributed by atoms with Gasteiger partial charge in [-0.05, 0) is 29.8 Å². The zero-order valence-electron chi connectivity index (χ0n) is 14.4. The molecule has 0 bridgehead atoms. The third kappa shape index (κ3) is 4.69. The average molecular weight is 378 g/mol. The van der Waals surface area contributed by atoms with Crippen LogP contribution in [-0.4, -0.2) is 21.9 Å². The molecule has 3 rings (SSSR count). The van der Waals surface area contributed by atoms with Gasteiger partial charge in [-0.15, -0.1) is 0 Å². The Kier molecular flexibility index (Phi) is 5.20. The number of aromatic nitrogens is 3. The highest BCUT2D eigenvalue weighted by atomic mass is 19.4. The van der Waals surface area contributed by atoms with Gasteiger partial charge in [-0.3, -0.25) is 4.98 Å². The van der Waals surface area contributed by atoms with Crippen molar-refractivity contribution in [2.75, 3.05) is 12.4 Å². The maximum atomic E-state index is 12.8. The first-order valence-electron chi connectivity index (χ1n) is 8.05. The van der Waals surface area contributed by atoms with Crippen molar-refractivity contribution in [3.8, 4) is 5.75 Å². The van der Waals surface area contributed by atoms with Gasteiger partial charge in [-0.2, -0.15) is 18.3 Å². The summed E-state index contributed by atoms with van der Waals surface area (Å²) in [6.45, 7) is 0.191. The first kappa shape index (κ1) is 18.6. The molecule has 0 aliphatic carbocycles. The molecule has 2 N–H and O–H groups in total. The summed E-state index contributed by atoms with van der Waals surface area (Å²) in [5.74, 6) is 1.05. The van der Waals surface area contributed by atoms with Gasteiger partial charge in [-0.1, -0.05) is 18.2 Å². The molecule has 0 aliphatic heterocycles. The van der Waals surface area contributed by atoms with Crippen molar-refractivity contribution >= 4 is 5.69 Å². The number of alkyl halides is 3. The number of ether oxygens (including phenoxy) is 1. The summed E-state index contributed by atoms with van der Waals surface area (Å²) in [6, 6.07) is 12.1. The molecular formula is C18H17F3N4O2. The lowest BCUT2D eigenvalue weighted by molar-refractivity contribution is -0.137. The van der Waals surface area contributed by atoms with E-state index in [1.807, 2.05) is 12.1 Å². The molecule has 1 aromatic heterocycles. The topological polar surface area (TPSA) is 71.9 Å². The fourth-order valence-electron chi connectivity index (χ4n) is 2.53. The van der Waals surface area contributed by atoms with Crippen molar-refractivity contribution in [2.45, 2.75) is 19.3 Å². The number of nitrogens with one attached hydrogen (secondary N) is 2. The molecule has 9 heteroatoms. The second kappa shape index (κ2) is 7.56. The fourth-order valence-corrected chi connectivity index (χ4v) is 2.53. The van der Waals surface area contributed by atoms with Gasteiger partial charge in [0.2, 0.25) is 0 Å². The summed E-state index contributed by atoms with van der Waals surface area (Å²) in [7, 11) is 1.56. The van der Waals surface area contributed by atoms with Crippen LogP contribution in [0.25, 0.3) is 0 Å². The Morgan fingerprint density at radius 3 is 2.70 bits per heavy atom. The quantitative estimate of drug-likeness (QED) is 0.691. The van der Waals surface area contributed by atoms with Crippen molar-refractivity contribution in [3.63, 3.8) is 0 Å². The van der Waals surface area contributed by atoms with E-state index in [0.29, 0.717) is 17.1 Å². The van der Waals surface area contributed by atoms with E-state index in [2.05, 4.69) is 15.4 Å². The first-order chi connectivity index (χ1) is 12.8. The Hall–Kier alpha value is -3.23. The monoisotopic (exact) mass is 378 g/mol. The van der Waals surface area contributed by atoms with Gasteiger partial charge >= 0.3 is 11.9 Å². The van der Waals surface area contributed by atoms with E-state index in [1.54, 1.807) is 19.2 Å². The number of H-pyrrole nitrogens is 1. The Morgan fingerprint density at radius 1 is 1.19 bits per heavy atom. The Labute approximate surface area is 152 Å². The second-order valence-electron chi connectivity index (χ2n) is 5.82. The number of nitrogens with zero attached hydrogens (tertiary/aromatic N) is 2. The summed E-state index contributed by atoms with van der Waals surface area (Å²) in [4.78, 5) is 14.6. The number of hydrogen-bond acceptors (Lipinski definition) is 4. The number of halogens is 3. The predicted molar refractivity (Wildman–Crippen MR) is 93.7 cm³/mol. The number of hydrogen-bond donors (Lipinski definition) is 2. The molecule has 1 heterocycles. The summed E-state index contributed by atoms with van der Waals surface area (Å²) >= 11 is 0. The van der Waals surface area contributed by atoms with E-state index < -0.39 is 17.4 Å². The standard InChI is InChI=1S/C18H17F3N4O2/c1-27-15-7-3-6-14(9-15)22-10-16-23-17(26)25(24-16)11-12-4-2-5-13(8-12)18(19,20)21/h2-9,22H,10-11H2,1H3,(H,23,24,26). The van der Waals surface area contributed by atoms with Crippen molar-refractivity contribution < 1.29 is 17.9 Å². The highest BCUT2D eigenvalue weighted by Crippen LogP contribution is 2.29. The van der Waals surface area contributed by atoms with Crippen molar-refractivity contribution in [2.24, 2.45) is 0 Å². The molecule has 0 atom stereocenters. The van der Waals surface area contributed by atoms with Crippen LogP contribution in [0.5, 0.6) is 5.75 Å². The fraction of sp³-hybridized carbons (Fsp3) is 0.222. The van der Waals surface area contributed by atoms with Crippen molar-refractivity contribution in [1.82, 2.24) is 14.8 Å². The van der Waals surface area contributed by atoms with Gasteiger partial charge in [0.15, 0.2) is 0 Å². The number of benzene rings is 2. The molecule has 0 unspecified atom stereocenters. The summed E-state index contributed by atoms with van der Waals surface area (Å²) in [5, 5.41) is 7.22. The molecule has 0 saturated heterocycles. The maximum Gasteiger partial charge on any atom is 0.416 e. The van der Waals surface area contributed by atoms with Crippen molar-refractivity contribution in [1.29, 1.82) is 0 Å². The Bertz CT molecular complexity index is 979. The van der Waals surface area contributed by atoms with E-state index in [0.717, 1.165) is 22.5 Å². The minimum atomic E-state index is -4.43. The highest BCUT2D eigenvalue weighted by Gasteiger charge is 2.30. The Balaban J connectivity index is 1.70. The first-order valence-corrected chi connectivity index (χ1v) is 8.05. The predicted octanol–water partition coefficient (Wildman–Crippen LogP) is 3.26. The van der Waals surface area contributed by atoms with Crippen LogP contribution < -0.4 is 15.7 Å². The van der Waals surface area contributed by atoms with Gasteiger partial charge in [0, 0.05) is 11.8 Å². The lowest BCUT2D eigenvalue weighted by Gasteiger charge is -2.08. The van der Waals surface area contributed by atoms with Gasteiger partial charge < -0.3 is 10.1 Å². The van der Waals surface area contributed by atoms with Gasteiger partial charge in [0.05, 0.1) is 25.8 Å². The van der Waals surface area contributed by atoms with Crippen LogP contribution in [0.1, 0.15) is 17.0 Å². The van der Waals surface area contributed by atoms with Crippen LogP contribution in [0.3, 0.4) is 0 Å². The van der Waals surface area contributed by atoms with E-state index in [-0.39, 0.29) is 13.1 Å². The molecule has 0 amide bonds. The van der Waals surface area contributed by atoms with E-state index in [1.165, 1.54) is 12.1 Å². The number of methoxy groups -OCH3 is 1. The molecule has 3 aromatic rings. The molecule has 0 fully saturated rings. The van der Waals surface area contributed by atoms with Gasteiger partial charge in [0.1, 0.15) is 11.6 Å². The molecule has 0 spiro atoms. The van der Waals surface area contributed by atoms with Crippen LogP contribution in [0.4, 0.5) is 18.9 Å². The summed E-state index contributed by atoms with van der Waals surface area (Å²) < 4.78 is 44.6. The van der Waals surface area contributed by atoms with E-state index in [4.69, 9.17) is 4.74 Å². The van der Waals surface area contributed by atoms with Crippen LogP contribution in [-0.2, 0) is 19.3 Å². The molecular weight excluding hydrogens is 361 g/mol. The lowest BCUT2D eigenvalue weighted by atomic mass is 10.1. The molecule has 0 saturated carbocycles. The molecule has 142 valence electrons. The van der Waals surface area contributed by atoms with E-state index in [9.17, 15) is 18.0 Å². The SMILES string of the molecule is COc1cccc(NCc2nn(Cc3cccc(C(F)(F)F)c3)c(=O)[nH]2)c1. The van der Waals surface area contributed by atoms with Gasteiger partial charge in [-0.25, -0.2) is 9.48 Å². The lowest BCUT2D eigenvalue weighted by Crippen LogP contribution is -2.19. The number of rotatable bonds is 6.